The Balaban J connectivity index is 1.54. The fourth-order valence-electron chi connectivity index (χ4n) is 3.26. The van der Waals surface area contributed by atoms with Crippen LogP contribution in [0.4, 0.5) is 11.5 Å². The Kier molecular flexibility index (Phi) is 3.90. The van der Waals surface area contributed by atoms with Crippen LogP contribution < -0.4 is 15.0 Å². The number of aromatic nitrogens is 4. The van der Waals surface area contributed by atoms with E-state index < -0.39 is 0 Å². The van der Waals surface area contributed by atoms with Gasteiger partial charge in [-0.05, 0) is 25.0 Å². The minimum absolute atomic E-state index is 0.305. The molecule has 0 radical (unpaired) electrons. The summed E-state index contributed by atoms with van der Waals surface area (Å²) in [5, 5.41) is 11.6. The molecule has 1 saturated heterocycles. The summed E-state index contributed by atoms with van der Waals surface area (Å²) in [4.78, 5) is 6.79. The maximum Gasteiger partial charge on any atom is 0.203 e. The molecule has 1 aliphatic heterocycles. The molecule has 4 rings (SSSR count). The summed E-state index contributed by atoms with van der Waals surface area (Å²) >= 11 is 0. The Morgan fingerprint density at radius 2 is 2.21 bits per heavy atom. The fraction of sp³-hybridized carbons (Fsp3) is 0.353. The van der Waals surface area contributed by atoms with E-state index >= 15 is 0 Å². The lowest BCUT2D eigenvalue weighted by Crippen LogP contribution is -2.42. The number of hydrogen-bond acceptors (Lipinski definition) is 6. The van der Waals surface area contributed by atoms with Crippen LogP contribution in [-0.2, 0) is 0 Å². The molecule has 1 N–H and O–H groups in total. The van der Waals surface area contributed by atoms with E-state index in [2.05, 4.69) is 31.5 Å². The van der Waals surface area contributed by atoms with Crippen LogP contribution in [0.15, 0.2) is 43.0 Å². The number of benzene rings is 1. The van der Waals surface area contributed by atoms with Gasteiger partial charge in [-0.1, -0.05) is 12.1 Å². The van der Waals surface area contributed by atoms with Crippen molar-refractivity contribution in [3.05, 3.63) is 43.0 Å². The highest BCUT2D eigenvalue weighted by atomic mass is 16.5. The van der Waals surface area contributed by atoms with Crippen molar-refractivity contribution in [1.82, 2.24) is 19.6 Å². The molecule has 0 spiro atoms. The molecule has 0 bridgehead atoms. The van der Waals surface area contributed by atoms with Crippen LogP contribution >= 0.6 is 0 Å². The van der Waals surface area contributed by atoms with Crippen molar-refractivity contribution in [2.24, 2.45) is 0 Å². The lowest BCUT2D eigenvalue weighted by atomic mass is 10.0. The van der Waals surface area contributed by atoms with Crippen LogP contribution in [0.2, 0.25) is 0 Å². The van der Waals surface area contributed by atoms with Gasteiger partial charge in [0.25, 0.3) is 0 Å². The fourth-order valence-corrected chi connectivity index (χ4v) is 3.26. The van der Waals surface area contributed by atoms with Crippen LogP contribution in [-0.4, -0.2) is 45.8 Å². The zero-order valence-corrected chi connectivity index (χ0v) is 13.6. The monoisotopic (exact) mass is 324 g/mol. The number of anilines is 2. The Labute approximate surface area is 140 Å². The topological polar surface area (TPSA) is 67.6 Å². The summed E-state index contributed by atoms with van der Waals surface area (Å²) in [5.74, 6) is 1.69. The average molecular weight is 324 g/mol. The Morgan fingerprint density at radius 3 is 3.12 bits per heavy atom. The van der Waals surface area contributed by atoms with Gasteiger partial charge in [0.2, 0.25) is 5.65 Å². The van der Waals surface area contributed by atoms with Crippen molar-refractivity contribution in [2.75, 3.05) is 30.4 Å². The lowest BCUT2D eigenvalue weighted by molar-refractivity contribution is 0.411. The molecule has 7 heteroatoms. The van der Waals surface area contributed by atoms with Crippen molar-refractivity contribution in [3.63, 3.8) is 0 Å². The van der Waals surface area contributed by atoms with Crippen molar-refractivity contribution in [3.8, 4) is 5.75 Å². The molecular weight excluding hydrogens is 304 g/mol. The van der Waals surface area contributed by atoms with Gasteiger partial charge in [-0.25, -0.2) is 4.98 Å². The van der Waals surface area contributed by atoms with Gasteiger partial charge in [0.05, 0.1) is 12.8 Å². The molecule has 0 aliphatic carbocycles. The second-order valence-corrected chi connectivity index (χ2v) is 5.94. The minimum atomic E-state index is 0.305. The zero-order chi connectivity index (χ0) is 16.4. The van der Waals surface area contributed by atoms with E-state index in [0.29, 0.717) is 6.04 Å². The van der Waals surface area contributed by atoms with Gasteiger partial charge in [-0.15, -0.1) is 10.2 Å². The van der Waals surface area contributed by atoms with E-state index in [1.807, 2.05) is 28.8 Å². The maximum atomic E-state index is 5.50. The molecular formula is C17H20N6O. The highest BCUT2D eigenvalue weighted by molar-refractivity contribution is 5.63. The smallest absolute Gasteiger partial charge is 0.203 e. The number of ether oxygens (including phenoxy) is 1. The van der Waals surface area contributed by atoms with E-state index in [1.165, 1.54) is 0 Å². The molecule has 1 atom stereocenters. The summed E-state index contributed by atoms with van der Waals surface area (Å²) in [6, 6.07) is 8.47. The lowest BCUT2D eigenvalue weighted by Gasteiger charge is -2.35. The Bertz CT molecular complexity index is 833. The third-order valence-corrected chi connectivity index (χ3v) is 4.40. The van der Waals surface area contributed by atoms with E-state index in [4.69, 9.17) is 4.74 Å². The number of methoxy groups -OCH3 is 1. The minimum Gasteiger partial charge on any atom is -0.495 e. The molecule has 0 unspecified atom stereocenters. The van der Waals surface area contributed by atoms with Gasteiger partial charge < -0.3 is 15.0 Å². The predicted octanol–water partition coefficient (Wildman–Crippen LogP) is 2.21. The average Bonchev–Trinajstić information content (AvgIpc) is 3.12. The van der Waals surface area contributed by atoms with Gasteiger partial charge in [0, 0.05) is 31.5 Å². The molecule has 7 nitrogen and oxygen atoms in total. The number of fused-ring (bicyclic) bond motifs is 1. The number of piperidine rings is 1. The van der Waals surface area contributed by atoms with Gasteiger partial charge in [0.15, 0.2) is 5.82 Å². The molecule has 0 amide bonds. The molecule has 3 aromatic rings. The van der Waals surface area contributed by atoms with E-state index in [1.54, 1.807) is 19.6 Å². The predicted molar refractivity (Wildman–Crippen MR) is 92.6 cm³/mol. The number of rotatable bonds is 4. The first-order valence-corrected chi connectivity index (χ1v) is 8.14. The number of hydrogen-bond donors (Lipinski definition) is 1. The Hall–Kier alpha value is -2.83. The molecule has 2 aromatic heterocycles. The largest absolute Gasteiger partial charge is 0.495 e. The Morgan fingerprint density at radius 1 is 1.29 bits per heavy atom. The summed E-state index contributed by atoms with van der Waals surface area (Å²) in [6.07, 6.45) is 7.51. The zero-order valence-electron chi connectivity index (χ0n) is 13.6. The van der Waals surface area contributed by atoms with Crippen molar-refractivity contribution >= 4 is 17.2 Å². The van der Waals surface area contributed by atoms with E-state index in [-0.39, 0.29) is 0 Å². The molecule has 3 heterocycles. The summed E-state index contributed by atoms with van der Waals surface area (Å²) in [6.45, 7) is 1.93. The number of nitrogens with zero attached hydrogens (tertiary/aromatic N) is 5. The van der Waals surface area contributed by atoms with E-state index in [0.717, 1.165) is 48.8 Å². The van der Waals surface area contributed by atoms with Crippen LogP contribution in [0.3, 0.4) is 0 Å². The molecule has 24 heavy (non-hydrogen) atoms. The van der Waals surface area contributed by atoms with Gasteiger partial charge in [0.1, 0.15) is 12.1 Å². The quantitative estimate of drug-likeness (QED) is 0.794. The molecule has 1 aromatic carbocycles. The van der Waals surface area contributed by atoms with Crippen LogP contribution in [0.1, 0.15) is 12.8 Å². The second kappa shape index (κ2) is 6.35. The maximum absolute atomic E-state index is 5.50. The van der Waals surface area contributed by atoms with Crippen molar-refractivity contribution in [1.29, 1.82) is 0 Å². The standard InChI is InChI=1S/C17H20N6O/c1-24-15-7-3-2-6-14(15)22-9-4-5-13(11-22)20-16-17-21-19-12-23(17)10-8-18-16/h2-3,6-8,10,12-13H,4-5,9,11H2,1H3,(H,18,20)/t13-/m1/s1. The molecule has 0 saturated carbocycles. The van der Waals surface area contributed by atoms with E-state index in [9.17, 15) is 0 Å². The number of nitrogens with one attached hydrogen (secondary N) is 1. The van der Waals surface area contributed by atoms with Crippen LogP contribution in [0, 0.1) is 0 Å². The van der Waals surface area contributed by atoms with Crippen LogP contribution in [0.25, 0.3) is 5.65 Å². The highest BCUT2D eigenvalue weighted by Crippen LogP contribution is 2.30. The first-order chi connectivity index (χ1) is 11.8. The molecule has 124 valence electrons. The third kappa shape index (κ3) is 2.73. The first kappa shape index (κ1) is 14.7. The summed E-state index contributed by atoms with van der Waals surface area (Å²) < 4.78 is 7.37. The first-order valence-electron chi connectivity index (χ1n) is 8.14. The number of para-hydroxylation sites is 2. The normalized spacial score (nSPS) is 17.9. The van der Waals surface area contributed by atoms with Gasteiger partial charge >= 0.3 is 0 Å². The van der Waals surface area contributed by atoms with Crippen LogP contribution in [0.5, 0.6) is 5.75 Å². The SMILES string of the molecule is COc1ccccc1N1CCC[C@@H](Nc2nccn3cnnc23)C1. The summed E-state index contributed by atoms with van der Waals surface area (Å²) in [5.41, 5.74) is 1.90. The summed E-state index contributed by atoms with van der Waals surface area (Å²) in [7, 11) is 1.72. The highest BCUT2D eigenvalue weighted by Gasteiger charge is 2.23. The second-order valence-electron chi connectivity index (χ2n) is 5.94. The molecule has 1 aliphatic rings. The van der Waals surface area contributed by atoms with Crippen molar-refractivity contribution in [2.45, 2.75) is 18.9 Å². The van der Waals surface area contributed by atoms with Gasteiger partial charge in [-0.3, -0.25) is 4.40 Å². The van der Waals surface area contributed by atoms with Gasteiger partial charge in [-0.2, -0.15) is 0 Å². The van der Waals surface area contributed by atoms with Crippen molar-refractivity contribution < 1.29 is 4.74 Å². The molecule has 1 fully saturated rings. The third-order valence-electron chi connectivity index (χ3n) is 4.40.